The lowest BCUT2D eigenvalue weighted by Crippen LogP contribution is -2.41. The molecule has 5 nitrogen and oxygen atoms in total. The van der Waals surface area contributed by atoms with Gasteiger partial charge in [-0.25, -0.2) is 0 Å². The van der Waals surface area contributed by atoms with Crippen LogP contribution in [0, 0.1) is 16.7 Å². The van der Waals surface area contributed by atoms with Crippen LogP contribution in [-0.4, -0.2) is 30.9 Å². The lowest BCUT2D eigenvalue weighted by molar-refractivity contribution is -0.162. The molecule has 0 N–H and O–H groups in total. The molecule has 0 aliphatic heterocycles. The third kappa shape index (κ3) is 5.82. The number of carbonyl (C=O) groups is 3. The highest BCUT2D eigenvalue weighted by atomic mass is 16.5. The first-order chi connectivity index (χ1) is 11.7. The molecule has 0 heterocycles. The highest BCUT2D eigenvalue weighted by Crippen LogP contribution is 2.42. The molecule has 0 aromatic rings. The van der Waals surface area contributed by atoms with Crippen molar-refractivity contribution in [3.8, 4) is 0 Å². The zero-order chi connectivity index (χ0) is 19.1. The number of hydrogen-bond acceptors (Lipinski definition) is 5. The van der Waals surface area contributed by atoms with Crippen molar-refractivity contribution in [3.63, 3.8) is 0 Å². The zero-order valence-corrected chi connectivity index (χ0v) is 16.5. The van der Waals surface area contributed by atoms with Crippen molar-refractivity contribution in [1.82, 2.24) is 0 Å². The molecule has 0 radical (unpaired) electrons. The second kappa shape index (κ2) is 9.35. The number of unbranched alkanes of at least 4 members (excludes halogenated alkanes) is 1. The molecule has 5 heteroatoms. The van der Waals surface area contributed by atoms with Gasteiger partial charge in [-0.1, -0.05) is 27.7 Å². The molecule has 0 aromatic heterocycles. The van der Waals surface area contributed by atoms with Gasteiger partial charge < -0.3 is 9.47 Å². The number of ether oxygens (including phenoxy) is 2. The summed E-state index contributed by atoms with van der Waals surface area (Å²) in [4.78, 5) is 36.3. The highest BCUT2D eigenvalue weighted by molar-refractivity contribution is 6.05. The van der Waals surface area contributed by atoms with E-state index in [1.807, 2.05) is 27.7 Å². The van der Waals surface area contributed by atoms with Crippen LogP contribution in [0.4, 0.5) is 0 Å². The van der Waals surface area contributed by atoms with Crippen LogP contribution in [0.25, 0.3) is 0 Å². The van der Waals surface area contributed by atoms with Gasteiger partial charge in [0.1, 0.15) is 11.2 Å². The number of rotatable bonds is 10. The first-order valence-corrected chi connectivity index (χ1v) is 9.52. The first kappa shape index (κ1) is 21.7. The number of carbonyl (C=O) groups excluding carboxylic acids is 3. The Morgan fingerprint density at radius 1 is 1.20 bits per heavy atom. The summed E-state index contributed by atoms with van der Waals surface area (Å²) in [5.74, 6) is -0.519. The van der Waals surface area contributed by atoms with Gasteiger partial charge in [-0.2, -0.15) is 0 Å². The summed E-state index contributed by atoms with van der Waals surface area (Å²) in [6, 6.07) is 0. The van der Waals surface area contributed by atoms with Gasteiger partial charge >= 0.3 is 11.9 Å². The third-order valence-electron chi connectivity index (χ3n) is 5.23. The quantitative estimate of drug-likeness (QED) is 0.336. The van der Waals surface area contributed by atoms with Crippen LogP contribution in [0.15, 0.2) is 0 Å². The average molecular weight is 354 g/mol. The van der Waals surface area contributed by atoms with Crippen LogP contribution in [0.1, 0.15) is 79.6 Å². The predicted octanol–water partition coefficient (Wildman–Crippen LogP) is 4.07. The molecule has 144 valence electrons. The summed E-state index contributed by atoms with van der Waals surface area (Å²) < 4.78 is 10.4. The van der Waals surface area contributed by atoms with Gasteiger partial charge in [0, 0.05) is 6.42 Å². The van der Waals surface area contributed by atoms with Crippen LogP contribution in [0.2, 0.25) is 0 Å². The molecule has 0 saturated heterocycles. The molecule has 25 heavy (non-hydrogen) atoms. The van der Waals surface area contributed by atoms with E-state index in [4.69, 9.17) is 9.47 Å². The molecule has 1 fully saturated rings. The molecule has 1 rings (SSSR count). The Morgan fingerprint density at radius 3 is 2.40 bits per heavy atom. The molecular formula is C20H34O5. The molecule has 1 aliphatic carbocycles. The Hall–Kier alpha value is -1.39. The van der Waals surface area contributed by atoms with Crippen LogP contribution >= 0.6 is 0 Å². The van der Waals surface area contributed by atoms with E-state index in [1.54, 1.807) is 6.92 Å². The van der Waals surface area contributed by atoms with Crippen LogP contribution in [-0.2, 0) is 23.9 Å². The topological polar surface area (TPSA) is 69.7 Å². The smallest absolute Gasteiger partial charge is 0.319 e. The van der Waals surface area contributed by atoms with Gasteiger partial charge in [0.2, 0.25) is 0 Å². The summed E-state index contributed by atoms with van der Waals surface area (Å²) in [7, 11) is 0. The number of Topliss-reactive ketones (excluding diaryl/α,β-unsaturated/α-hetero) is 1. The second-order valence-corrected chi connectivity index (χ2v) is 8.14. The second-order valence-electron chi connectivity index (χ2n) is 8.14. The molecule has 1 aliphatic rings. The van der Waals surface area contributed by atoms with E-state index in [1.165, 1.54) is 0 Å². The molecule has 0 bridgehead atoms. The van der Waals surface area contributed by atoms with Gasteiger partial charge in [-0.15, -0.1) is 0 Å². The van der Waals surface area contributed by atoms with Crippen molar-refractivity contribution < 1.29 is 23.9 Å². The number of esters is 2. The van der Waals surface area contributed by atoms with Crippen molar-refractivity contribution in [2.45, 2.75) is 79.6 Å². The van der Waals surface area contributed by atoms with E-state index >= 15 is 0 Å². The normalized spacial score (nSPS) is 20.8. The summed E-state index contributed by atoms with van der Waals surface area (Å²) in [6.07, 6.45) is 4.71. The van der Waals surface area contributed by atoms with Gasteiger partial charge in [-0.3, -0.25) is 14.4 Å². The first-order valence-electron chi connectivity index (χ1n) is 9.52. The Morgan fingerprint density at radius 2 is 1.88 bits per heavy atom. The predicted molar refractivity (Wildman–Crippen MR) is 96.0 cm³/mol. The Bertz CT molecular complexity index is 480. The monoisotopic (exact) mass is 354 g/mol. The van der Waals surface area contributed by atoms with Gasteiger partial charge in [0.05, 0.1) is 19.6 Å². The van der Waals surface area contributed by atoms with Crippen molar-refractivity contribution in [3.05, 3.63) is 0 Å². The van der Waals surface area contributed by atoms with Gasteiger partial charge in [-0.05, 0) is 50.4 Å². The van der Waals surface area contributed by atoms with Gasteiger partial charge in [0.15, 0.2) is 0 Å². The van der Waals surface area contributed by atoms with Crippen LogP contribution < -0.4 is 0 Å². The Balaban J connectivity index is 2.36. The molecule has 0 spiro atoms. The fourth-order valence-corrected chi connectivity index (χ4v) is 3.64. The van der Waals surface area contributed by atoms with E-state index in [9.17, 15) is 14.4 Å². The molecule has 1 unspecified atom stereocenters. The van der Waals surface area contributed by atoms with Crippen LogP contribution in [0.5, 0.6) is 0 Å². The lowest BCUT2D eigenvalue weighted by atomic mass is 9.75. The minimum atomic E-state index is -0.927. The maximum atomic E-state index is 12.5. The minimum absolute atomic E-state index is 0.0292. The van der Waals surface area contributed by atoms with Crippen molar-refractivity contribution >= 4 is 17.7 Å². The fourth-order valence-electron chi connectivity index (χ4n) is 3.64. The molecule has 0 aromatic carbocycles. The van der Waals surface area contributed by atoms with E-state index < -0.39 is 5.41 Å². The third-order valence-corrected chi connectivity index (χ3v) is 5.23. The summed E-state index contributed by atoms with van der Waals surface area (Å²) in [5, 5.41) is 0. The Kier molecular flexibility index (Phi) is 8.10. The van der Waals surface area contributed by atoms with Crippen molar-refractivity contribution in [2.24, 2.45) is 16.7 Å². The van der Waals surface area contributed by atoms with Crippen molar-refractivity contribution in [2.75, 3.05) is 13.2 Å². The van der Waals surface area contributed by atoms with E-state index in [0.29, 0.717) is 32.5 Å². The van der Waals surface area contributed by atoms with E-state index in [-0.39, 0.29) is 29.1 Å². The maximum absolute atomic E-state index is 12.5. The summed E-state index contributed by atoms with van der Waals surface area (Å²) in [6.45, 7) is 10.5. The summed E-state index contributed by atoms with van der Waals surface area (Å²) in [5.41, 5.74) is -1.06. The maximum Gasteiger partial charge on any atom is 0.319 e. The fraction of sp³-hybridized carbons (Fsp3) is 0.850. The number of hydrogen-bond donors (Lipinski definition) is 0. The largest absolute Gasteiger partial charge is 0.466 e. The van der Waals surface area contributed by atoms with Gasteiger partial charge in [0.25, 0.3) is 0 Å². The lowest BCUT2D eigenvalue weighted by Gasteiger charge is -2.29. The minimum Gasteiger partial charge on any atom is -0.466 e. The van der Waals surface area contributed by atoms with Crippen molar-refractivity contribution in [1.29, 1.82) is 0 Å². The molecule has 1 atom stereocenters. The molecule has 1 saturated carbocycles. The van der Waals surface area contributed by atoms with E-state index in [0.717, 1.165) is 25.7 Å². The zero-order valence-electron chi connectivity index (χ0n) is 16.5. The summed E-state index contributed by atoms with van der Waals surface area (Å²) >= 11 is 0. The standard InChI is InChI=1S/C20H34O5/c1-6-24-17(22)14-19(4,5)11-7-8-13-25-18(23)20(15(2)3)12-9-10-16(20)21/h15H,6-14H2,1-5H3. The Labute approximate surface area is 151 Å². The van der Waals surface area contributed by atoms with Crippen LogP contribution in [0.3, 0.4) is 0 Å². The SMILES string of the molecule is CCOC(=O)CC(C)(C)CCCCOC(=O)C1(C(C)C)CCCC1=O. The van der Waals surface area contributed by atoms with E-state index in [2.05, 4.69) is 0 Å². The molecule has 0 amide bonds. The molecular weight excluding hydrogens is 320 g/mol. The number of ketones is 1. The highest BCUT2D eigenvalue weighted by Gasteiger charge is 2.52. The average Bonchev–Trinajstić information content (AvgIpc) is 2.89.